The number of aryl methyl sites for hydroxylation is 1. The highest BCUT2D eigenvalue weighted by Crippen LogP contribution is 2.42. The van der Waals surface area contributed by atoms with Crippen LogP contribution in [0.25, 0.3) is 0 Å². The van der Waals surface area contributed by atoms with Gasteiger partial charge in [0.25, 0.3) is 5.91 Å². The molecule has 1 atom stereocenters. The van der Waals surface area contributed by atoms with Crippen molar-refractivity contribution in [3.05, 3.63) is 36.5 Å². The average molecular weight is 316 g/mol. The van der Waals surface area contributed by atoms with Crippen molar-refractivity contribution in [2.45, 2.75) is 30.0 Å². The smallest absolute Gasteiger partial charge is 0.251 e. The summed E-state index contributed by atoms with van der Waals surface area (Å²) in [7, 11) is 0. The summed E-state index contributed by atoms with van der Waals surface area (Å²) in [5.41, 5.74) is 0.734. The second-order valence-corrected chi connectivity index (χ2v) is 6.56. The van der Waals surface area contributed by atoms with Crippen molar-refractivity contribution in [3.63, 3.8) is 0 Å². The summed E-state index contributed by atoms with van der Waals surface area (Å²) in [6, 6.07) is 9.14. The number of amides is 2. The number of hydrogen-bond donors (Lipinski definition) is 2. The first kappa shape index (κ1) is 14.6. The molecule has 0 spiro atoms. The topological polar surface area (TPSA) is 76.0 Å². The van der Waals surface area contributed by atoms with Crippen molar-refractivity contribution in [2.24, 2.45) is 0 Å². The van der Waals surface area contributed by atoms with Gasteiger partial charge in [0.1, 0.15) is 0 Å². The lowest BCUT2D eigenvalue weighted by Crippen LogP contribution is -2.49. The Labute approximate surface area is 132 Å². The molecular formula is C15H16N4O2S. The molecule has 0 aliphatic carbocycles. The van der Waals surface area contributed by atoms with E-state index in [0.717, 1.165) is 17.1 Å². The van der Waals surface area contributed by atoms with Crippen LogP contribution in [0.4, 0.5) is 11.5 Å². The number of benzene rings is 1. The number of nitrogens with one attached hydrogen (secondary N) is 2. The number of anilines is 2. The Balaban J connectivity index is 1.83. The predicted octanol–water partition coefficient (Wildman–Crippen LogP) is 2.34. The first-order valence-electron chi connectivity index (χ1n) is 6.97. The van der Waals surface area contributed by atoms with Crippen molar-refractivity contribution in [2.75, 3.05) is 10.6 Å². The molecule has 6 nitrogen and oxygen atoms in total. The van der Waals surface area contributed by atoms with Gasteiger partial charge in [-0.3, -0.25) is 14.3 Å². The van der Waals surface area contributed by atoms with E-state index in [0.29, 0.717) is 5.82 Å². The van der Waals surface area contributed by atoms with E-state index in [4.69, 9.17) is 0 Å². The van der Waals surface area contributed by atoms with Crippen LogP contribution in [0.3, 0.4) is 0 Å². The number of hydrogen-bond acceptors (Lipinski definition) is 4. The van der Waals surface area contributed by atoms with Gasteiger partial charge in [-0.25, -0.2) is 0 Å². The SMILES string of the molecule is CCn1ccc(NC(=O)[C@@]2(C)Sc3ccccc3NC2=O)n1. The summed E-state index contributed by atoms with van der Waals surface area (Å²) in [4.78, 5) is 25.8. The molecule has 2 aromatic rings. The van der Waals surface area contributed by atoms with Crippen LogP contribution in [0.1, 0.15) is 13.8 Å². The Morgan fingerprint density at radius 1 is 1.41 bits per heavy atom. The molecule has 0 saturated heterocycles. The van der Waals surface area contributed by atoms with Gasteiger partial charge in [0.15, 0.2) is 10.6 Å². The first-order chi connectivity index (χ1) is 10.5. The molecule has 2 amide bonds. The van der Waals surface area contributed by atoms with Gasteiger partial charge in [-0.2, -0.15) is 5.10 Å². The zero-order valence-corrected chi connectivity index (χ0v) is 13.1. The van der Waals surface area contributed by atoms with E-state index < -0.39 is 4.75 Å². The summed E-state index contributed by atoms with van der Waals surface area (Å²) in [5, 5.41) is 9.71. The minimum absolute atomic E-state index is 0.330. The summed E-state index contributed by atoms with van der Waals surface area (Å²) < 4.78 is 0.478. The van der Waals surface area contributed by atoms with Crippen LogP contribution in [0.2, 0.25) is 0 Å². The number of fused-ring (bicyclic) bond motifs is 1. The van der Waals surface area contributed by atoms with Crippen LogP contribution in [-0.2, 0) is 16.1 Å². The van der Waals surface area contributed by atoms with E-state index in [1.165, 1.54) is 11.8 Å². The van der Waals surface area contributed by atoms with Crippen LogP contribution in [0.5, 0.6) is 0 Å². The van der Waals surface area contributed by atoms with E-state index in [9.17, 15) is 9.59 Å². The molecule has 2 heterocycles. The van der Waals surface area contributed by atoms with Crippen molar-refractivity contribution in [1.29, 1.82) is 0 Å². The lowest BCUT2D eigenvalue weighted by Gasteiger charge is -2.31. The fourth-order valence-electron chi connectivity index (χ4n) is 2.16. The number of aromatic nitrogens is 2. The van der Waals surface area contributed by atoms with Gasteiger partial charge < -0.3 is 10.6 Å². The van der Waals surface area contributed by atoms with Gasteiger partial charge >= 0.3 is 0 Å². The van der Waals surface area contributed by atoms with E-state index in [2.05, 4.69) is 15.7 Å². The molecule has 3 rings (SSSR count). The minimum atomic E-state index is -1.23. The summed E-state index contributed by atoms with van der Waals surface area (Å²) in [6.45, 7) is 4.30. The Hall–Kier alpha value is -2.28. The van der Waals surface area contributed by atoms with Gasteiger partial charge in [0.05, 0.1) is 5.69 Å². The van der Waals surface area contributed by atoms with Gasteiger partial charge in [-0.1, -0.05) is 23.9 Å². The zero-order chi connectivity index (χ0) is 15.7. The van der Waals surface area contributed by atoms with Gasteiger partial charge in [-0.15, -0.1) is 0 Å². The highest BCUT2D eigenvalue weighted by molar-refractivity contribution is 8.02. The molecule has 0 saturated carbocycles. The van der Waals surface area contributed by atoms with Crippen LogP contribution in [0, 0.1) is 0 Å². The molecular weight excluding hydrogens is 300 g/mol. The third-order valence-electron chi connectivity index (χ3n) is 3.52. The van der Waals surface area contributed by atoms with Crippen molar-refractivity contribution >= 4 is 35.1 Å². The highest BCUT2D eigenvalue weighted by atomic mass is 32.2. The molecule has 0 fully saturated rings. The van der Waals surface area contributed by atoms with E-state index in [1.807, 2.05) is 31.2 Å². The Bertz CT molecular complexity index is 743. The third-order valence-corrected chi connectivity index (χ3v) is 4.88. The van der Waals surface area contributed by atoms with Crippen molar-refractivity contribution in [3.8, 4) is 0 Å². The monoisotopic (exact) mass is 316 g/mol. The predicted molar refractivity (Wildman–Crippen MR) is 85.9 cm³/mol. The van der Waals surface area contributed by atoms with E-state index in [-0.39, 0.29) is 11.8 Å². The average Bonchev–Trinajstić information content (AvgIpc) is 2.96. The number of carbonyl (C=O) groups excluding carboxylic acids is 2. The molecule has 7 heteroatoms. The van der Waals surface area contributed by atoms with Crippen LogP contribution in [-0.4, -0.2) is 26.3 Å². The summed E-state index contributed by atoms with van der Waals surface area (Å²) >= 11 is 1.25. The van der Waals surface area contributed by atoms with Crippen LogP contribution < -0.4 is 10.6 Å². The molecule has 1 aliphatic heterocycles. The molecule has 22 heavy (non-hydrogen) atoms. The molecule has 0 radical (unpaired) electrons. The lowest BCUT2D eigenvalue weighted by atomic mass is 10.1. The minimum Gasteiger partial charge on any atom is -0.323 e. The number of nitrogens with zero attached hydrogens (tertiary/aromatic N) is 2. The second-order valence-electron chi connectivity index (χ2n) is 5.10. The molecule has 114 valence electrons. The number of rotatable bonds is 3. The molecule has 1 aromatic heterocycles. The third kappa shape index (κ3) is 2.48. The Morgan fingerprint density at radius 3 is 2.91 bits per heavy atom. The number of carbonyl (C=O) groups is 2. The van der Waals surface area contributed by atoms with E-state index >= 15 is 0 Å². The van der Waals surface area contributed by atoms with Crippen LogP contribution >= 0.6 is 11.8 Å². The number of thioether (sulfide) groups is 1. The van der Waals surface area contributed by atoms with Crippen molar-refractivity contribution < 1.29 is 9.59 Å². The second kappa shape index (κ2) is 5.49. The first-order valence-corrected chi connectivity index (χ1v) is 7.79. The molecule has 0 unspecified atom stereocenters. The van der Waals surface area contributed by atoms with E-state index in [1.54, 1.807) is 23.9 Å². The normalized spacial score (nSPS) is 20.2. The largest absolute Gasteiger partial charge is 0.323 e. The maximum absolute atomic E-state index is 12.6. The summed E-state index contributed by atoms with van der Waals surface area (Å²) in [5.74, 6) is -0.269. The standard InChI is InChI=1S/C15H16N4O2S/c1-3-19-9-8-12(18-19)17-14(21)15(2)13(20)16-10-6-4-5-7-11(10)22-15/h4-9H,3H2,1-2H3,(H,16,20)(H,17,18,21)/t15-/m0/s1. The zero-order valence-electron chi connectivity index (χ0n) is 12.3. The maximum atomic E-state index is 12.6. The maximum Gasteiger partial charge on any atom is 0.251 e. The molecule has 1 aliphatic rings. The summed E-state index contributed by atoms with van der Waals surface area (Å²) in [6.07, 6.45) is 1.78. The number of para-hydroxylation sites is 1. The quantitative estimate of drug-likeness (QED) is 0.852. The highest BCUT2D eigenvalue weighted by Gasteiger charge is 2.46. The molecule has 1 aromatic carbocycles. The fraction of sp³-hybridized carbons (Fsp3) is 0.267. The lowest BCUT2D eigenvalue weighted by molar-refractivity contribution is -0.126. The van der Waals surface area contributed by atoms with Gasteiger partial charge in [-0.05, 0) is 26.0 Å². The Morgan fingerprint density at radius 2 is 2.18 bits per heavy atom. The van der Waals surface area contributed by atoms with Gasteiger partial charge in [0, 0.05) is 23.7 Å². The van der Waals surface area contributed by atoms with Crippen LogP contribution in [0.15, 0.2) is 41.4 Å². The fourth-order valence-corrected chi connectivity index (χ4v) is 3.26. The van der Waals surface area contributed by atoms with Crippen molar-refractivity contribution in [1.82, 2.24) is 9.78 Å². The molecule has 2 N–H and O–H groups in total. The molecule has 0 bridgehead atoms. The Kier molecular flexibility index (Phi) is 3.66. The van der Waals surface area contributed by atoms with Gasteiger partial charge in [0.2, 0.25) is 5.91 Å².